The second-order valence-electron chi connectivity index (χ2n) is 6.62. The van der Waals surface area contributed by atoms with Crippen molar-refractivity contribution in [2.24, 2.45) is 0 Å². The van der Waals surface area contributed by atoms with E-state index in [1.54, 1.807) is 19.1 Å². The standard InChI is InChI=1S/C25H24O4/c1-4-18-16-21(19-6-11-23(12-7-19)29-25(27)5-2)10-15-24(18)20-8-13-22(14-9-20)28-17(3)26/h5-17,26H,2,4H2,1,3H3. The topological polar surface area (TPSA) is 55.8 Å². The van der Waals surface area contributed by atoms with Gasteiger partial charge in [0.05, 0.1) is 0 Å². The molecule has 4 nitrogen and oxygen atoms in total. The maximum atomic E-state index is 11.3. The van der Waals surface area contributed by atoms with Gasteiger partial charge in [-0.05, 0) is 65.4 Å². The molecule has 0 saturated carbocycles. The highest BCUT2D eigenvalue weighted by Crippen LogP contribution is 2.31. The first-order valence-electron chi connectivity index (χ1n) is 9.53. The van der Waals surface area contributed by atoms with Crippen LogP contribution in [0, 0.1) is 0 Å². The maximum absolute atomic E-state index is 11.3. The van der Waals surface area contributed by atoms with E-state index in [9.17, 15) is 9.90 Å². The van der Waals surface area contributed by atoms with E-state index in [1.807, 2.05) is 36.4 Å². The monoisotopic (exact) mass is 388 g/mol. The van der Waals surface area contributed by atoms with E-state index < -0.39 is 12.3 Å². The Morgan fingerprint density at radius 3 is 2.14 bits per heavy atom. The number of rotatable bonds is 7. The van der Waals surface area contributed by atoms with Crippen LogP contribution < -0.4 is 9.47 Å². The molecule has 0 aliphatic heterocycles. The second kappa shape index (κ2) is 9.22. The maximum Gasteiger partial charge on any atom is 0.335 e. The lowest BCUT2D eigenvalue weighted by Crippen LogP contribution is -2.09. The summed E-state index contributed by atoms with van der Waals surface area (Å²) >= 11 is 0. The Morgan fingerprint density at radius 2 is 1.55 bits per heavy atom. The van der Waals surface area contributed by atoms with Crippen molar-refractivity contribution in [3.8, 4) is 33.8 Å². The van der Waals surface area contributed by atoms with E-state index in [2.05, 4.69) is 31.7 Å². The molecule has 0 radical (unpaired) electrons. The molecule has 3 aromatic carbocycles. The molecule has 148 valence electrons. The summed E-state index contributed by atoms with van der Waals surface area (Å²) in [5, 5.41) is 9.33. The number of carbonyl (C=O) groups is 1. The Labute approximate surface area is 171 Å². The van der Waals surface area contributed by atoms with Gasteiger partial charge in [0.15, 0.2) is 6.29 Å². The molecule has 0 aliphatic carbocycles. The smallest absolute Gasteiger partial charge is 0.335 e. The summed E-state index contributed by atoms with van der Waals surface area (Å²) in [6, 6.07) is 21.5. The van der Waals surface area contributed by atoms with Crippen LogP contribution in [0.3, 0.4) is 0 Å². The number of aryl methyl sites for hydroxylation is 1. The minimum absolute atomic E-state index is 0.472. The average Bonchev–Trinajstić information content (AvgIpc) is 2.74. The van der Waals surface area contributed by atoms with E-state index in [1.165, 1.54) is 5.56 Å². The SMILES string of the molecule is C=CC(=O)Oc1ccc(-c2ccc(-c3ccc(OC(C)O)cc3)c(CC)c2)cc1. The summed E-state index contributed by atoms with van der Waals surface area (Å²) < 4.78 is 10.4. The number of aliphatic hydroxyl groups is 1. The van der Waals surface area contributed by atoms with Gasteiger partial charge in [0.2, 0.25) is 0 Å². The summed E-state index contributed by atoms with van der Waals surface area (Å²) in [6.45, 7) is 7.11. The minimum Gasteiger partial charge on any atom is -0.465 e. The zero-order valence-electron chi connectivity index (χ0n) is 16.6. The Hall–Kier alpha value is -3.37. The molecule has 0 aliphatic rings. The summed E-state index contributed by atoms with van der Waals surface area (Å²) in [4.78, 5) is 11.3. The van der Waals surface area contributed by atoms with Crippen molar-refractivity contribution < 1.29 is 19.4 Å². The van der Waals surface area contributed by atoms with E-state index in [-0.39, 0.29) is 0 Å². The summed E-state index contributed by atoms with van der Waals surface area (Å²) in [5.74, 6) is 0.654. The summed E-state index contributed by atoms with van der Waals surface area (Å²) in [6.07, 6.45) is 1.20. The van der Waals surface area contributed by atoms with Crippen LogP contribution in [0.25, 0.3) is 22.3 Å². The lowest BCUT2D eigenvalue weighted by molar-refractivity contribution is -0.128. The number of hydrogen-bond acceptors (Lipinski definition) is 4. The zero-order valence-corrected chi connectivity index (χ0v) is 16.6. The van der Waals surface area contributed by atoms with E-state index in [0.29, 0.717) is 11.5 Å². The van der Waals surface area contributed by atoms with Crippen molar-refractivity contribution in [3.63, 3.8) is 0 Å². The summed E-state index contributed by atoms with van der Waals surface area (Å²) in [5.41, 5.74) is 5.63. The first-order chi connectivity index (χ1) is 14.0. The van der Waals surface area contributed by atoms with Crippen LogP contribution in [0.5, 0.6) is 11.5 Å². The quantitative estimate of drug-likeness (QED) is 0.255. The molecular weight excluding hydrogens is 364 g/mol. The Balaban J connectivity index is 1.85. The predicted octanol–water partition coefficient (Wildman–Crippen LogP) is 5.39. The third-order valence-electron chi connectivity index (χ3n) is 4.53. The van der Waals surface area contributed by atoms with Crippen LogP contribution >= 0.6 is 0 Å². The van der Waals surface area contributed by atoms with Gasteiger partial charge in [0.25, 0.3) is 0 Å². The molecule has 0 spiro atoms. The molecule has 1 unspecified atom stereocenters. The molecule has 3 rings (SSSR count). The van der Waals surface area contributed by atoms with E-state index in [0.717, 1.165) is 34.8 Å². The molecule has 1 N–H and O–H groups in total. The van der Waals surface area contributed by atoms with Crippen LogP contribution in [0.4, 0.5) is 0 Å². The molecular formula is C25H24O4. The van der Waals surface area contributed by atoms with Gasteiger partial charge in [-0.2, -0.15) is 0 Å². The Bertz CT molecular complexity index is 986. The van der Waals surface area contributed by atoms with Gasteiger partial charge in [-0.3, -0.25) is 0 Å². The van der Waals surface area contributed by atoms with Gasteiger partial charge in [-0.25, -0.2) is 4.79 Å². The van der Waals surface area contributed by atoms with Crippen LogP contribution in [0.1, 0.15) is 19.4 Å². The number of benzene rings is 3. The number of hydrogen-bond donors (Lipinski definition) is 1. The fourth-order valence-corrected chi connectivity index (χ4v) is 3.13. The van der Waals surface area contributed by atoms with Crippen LogP contribution in [0.2, 0.25) is 0 Å². The molecule has 0 heterocycles. The van der Waals surface area contributed by atoms with Crippen molar-refractivity contribution in [3.05, 3.63) is 84.9 Å². The van der Waals surface area contributed by atoms with Gasteiger partial charge in [0.1, 0.15) is 11.5 Å². The molecule has 0 aromatic heterocycles. The fraction of sp³-hybridized carbons (Fsp3) is 0.160. The highest BCUT2D eigenvalue weighted by atomic mass is 16.6. The Kier molecular flexibility index (Phi) is 6.47. The average molecular weight is 388 g/mol. The molecule has 4 heteroatoms. The van der Waals surface area contributed by atoms with Gasteiger partial charge in [0, 0.05) is 6.08 Å². The minimum atomic E-state index is -0.835. The number of ether oxygens (including phenoxy) is 2. The molecule has 0 fully saturated rings. The van der Waals surface area contributed by atoms with Crippen molar-refractivity contribution in [1.29, 1.82) is 0 Å². The molecule has 29 heavy (non-hydrogen) atoms. The first kappa shape index (κ1) is 20.4. The second-order valence-corrected chi connectivity index (χ2v) is 6.62. The molecule has 1 atom stereocenters. The Morgan fingerprint density at radius 1 is 0.966 bits per heavy atom. The van der Waals surface area contributed by atoms with Gasteiger partial charge < -0.3 is 14.6 Å². The van der Waals surface area contributed by atoms with E-state index in [4.69, 9.17) is 9.47 Å². The lowest BCUT2D eigenvalue weighted by atomic mass is 9.93. The van der Waals surface area contributed by atoms with Crippen LogP contribution in [0.15, 0.2) is 79.4 Å². The largest absolute Gasteiger partial charge is 0.465 e. The lowest BCUT2D eigenvalue weighted by Gasteiger charge is -2.13. The zero-order chi connectivity index (χ0) is 20.8. The number of aliphatic hydroxyl groups excluding tert-OH is 1. The number of carbonyl (C=O) groups excluding carboxylic acids is 1. The van der Waals surface area contributed by atoms with Crippen molar-refractivity contribution in [1.82, 2.24) is 0 Å². The fourth-order valence-electron chi connectivity index (χ4n) is 3.13. The first-order valence-corrected chi connectivity index (χ1v) is 9.53. The van der Waals surface area contributed by atoms with Crippen LogP contribution in [-0.4, -0.2) is 17.4 Å². The van der Waals surface area contributed by atoms with Crippen molar-refractivity contribution in [2.75, 3.05) is 0 Å². The summed E-state index contributed by atoms with van der Waals surface area (Å²) in [7, 11) is 0. The van der Waals surface area contributed by atoms with Crippen molar-refractivity contribution in [2.45, 2.75) is 26.6 Å². The molecule has 3 aromatic rings. The molecule has 0 saturated heterocycles. The molecule has 0 bridgehead atoms. The third kappa shape index (κ3) is 5.12. The predicted molar refractivity (Wildman–Crippen MR) is 115 cm³/mol. The van der Waals surface area contributed by atoms with Gasteiger partial charge in [-0.15, -0.1) is 0 Å². The van der Waals surface area contributed by atoms with Gasteiger partial charge in [-0.1, -0.05) is 56.0 Å². The normalized spacial score (nSPS) is 11.6. The third-order valence-corrected chi connectivity index (χ3v) is 4.53. The highest BCUT2D eigenvalue weighted by molar-refractivity contribution is 5.83. The van der Waals surface area contributed by atoms with Gasteiger partial charge >= 0.3 is 5.97 Å². The van der Waals surface area contributed by atoms with Crippen LogP contribution in [-0.2, 0) is 11.2 Å². The van der Waals surface area contributed by atoms with E-state index >= 15 is 0 Å². The highest BCUT2D eigenvalue weighted by Gasteiger charge is 2.08. The molecule has 0 amide bonds. The van der Waals surface area contributed by atoms with Crippen molar-refractivity contribution >= 4 is 5.97 Å². The number of esters is 1.